The van der Waals surface area contributed by atoms with Gasteiger partial charge in [0.05, 0.1) is 13.3 Å². The highest BCUT2D eigenvalue weighted by Gasteiger charge is 2.07. The number of hydrogen-bond acceptors (Lipinski definition) is 5. The van der Waals surface area contributed by atoms with Crippen molar-refractivity contribution in [3.05, 3.63) is 59.7 Å². The van der Waals surface area contributed by atoms with E-state index in [0.29, 0.717) is 17.9 Å². The molecule has 7 nitrogen and oxygen atoms in total. The molecule has 0 saturated heterocycles. The van der Waals surface area contributed by atoms with Crippen molar-refractivity contribution in [2.45, 2.75) is 19.4 Å². The molecule has 0 aromatic heterocycles. The molecule has 0 aliphatic carbocycles. The van der Waals surface area contributed by atoms with E-state index in [1.54, 1.807) is 18.2 Å². The highest BCUT2D eigenvalue weighted by atomic mass is 16.5. The third-order valence-electron chi connectivity index (χ3n) is 3.55. The van der Waals surface area contributed by atoms with Crippen molar-refractivity contribution in [3.8, 4) is 11.5 Å². The van der Waals surface area contributed by atoms with Crippen LogP contribution >= 0.6 is 0 Å². The zero-order valence-corrected chi connectivity index (χ0v) is 14.4. The van der Waals surface area contributed by atoms with Crippen LogP contribution in [-0.2, 0) is 16.1 Å². The molecule has 0 aliphatic rings. The molecule has 7 heteroatoms. The van der Waals surface area contributed by atoms with Gasteiger partial charge >= 0.3 is 0 Å². The van der Waals surface area contributed by atoms with Gasteiger partial charge in [0.25, 0.3) is 0 Å². The van der Waals surface area contributed by atoms with E-state index in [0.717, 1.165) is 5.56 Å². The summed E-state index contributed by atoms with van der Waals surface area (Å²) in [6.45, 7) is 0.425. The lowest BCUT2D eigenvalue weighted by atomic mass is 10.2. The number of carbonyl (C=O) groups is 2. The van der Waals surface area contributed by atoms with E-state index in [1.165, 1.54) is 13.3 Å². The second kappa shape index (κ2) is 9.83. The van der Waals surface area contributed by atoms with Gasteiger partial charge in [0.2, 0.25) is 11.8 Å². The average molecular weight is 355 g/mol. The molecule has 0 unspecified atom stereocenters. The van der Waals surface area contributed by atoms with Crippen molar-refractivity contribution < 1.29 is 19.4 Å². The molecule has 0 aliphatic heterocycles. The fourth-order valence-electron chi connectivity index (χ4n) is 2.15. The molecule has 2 aromatic rings. The van der Waals surface area contributed by atoms with Crippen LogP contribution in [0.2, 0.25) is 0 Å². The van der Waals surface area contributed by atoms with Crippen LogP contribution in [-0.4, -0.2) is 30.2 Å². The zero-order chi connectivity index (χ0) is 18.8. The maximum absolute atomic E-state index is 11.8. The van der Waals surface area contributed by atoms with Crippen LogP contribution in [0.15, 0.2) is 53.6 Å². The van der Waals surface area contributed by atoms with Gasteiger partial charge in [-0.3, -0.25) is 9.59 Å². The minimum atomic E-state index is -0.390. The summed E-state index contributed by atoms with van der Waals surface area (Å²) in [5.74, 6) is -0.347. The number of aromatic hydroxyl groups is 1. The predicted octanol–water partition coefficient (Wildman–Crippen LogP) is 1.95. The molecule has 0 bridgehead atoms. The number of hydrazone groups is 1. The van der Waals surface area contributed by atoms with Crippen LogP contribution < -0.4 is 15.5 Å². The normalized spacial score (nSPS) is 10.5. The molecule has 26 heavy (non-hydrogen) atoms. The number of ether oxygens (including phenoxy) is 1. The van der Waals surface area contributed by atoms with Crippen molar-refractivity contribution in [1.29, 1.82) is 0 Å². The number of carbonyl (C=O) groups excluding carboxylic acids is 2. The minimum Gasteiger partial charge on any atom is -0.504 e. The molecule has 2 aromatic carbocycles. The van der Waals surface area contributed by atoms with Gasteiger partial charge in [-0.15, -0.1) is 0 Å². The first-order chi connectivity index (χ1) is 12.6. The van der Waals surface area contributed by atoms with E-state index < -0.39 is 5.91 Å². The first-order valence-corrected chi connectivity index (χ1v) is 8.08. The van der Waals surface area contributed by atoms with Gasteiger partial charge in [-0.1, -0.05) is 36.4 Å². The topological polar surface area (TPSA) is 100 Å². The molecular formula is C19H21N3O4. The molecular weight excluding hydrogens is 334 g/mol. The van der Waals surface area contributed by atoms with E-state index in [-0.39, 0.29) is 24.5 Å². The van der Waals surface area contributed by atoms with Gasteiger partial charge < -0.3 is 15.2 Å². The van der Waals surface area contributed by atoms with Gasteiger partial charge in [-0.25, -0.2) is 5.43 Å². The van der Waals surface area contributed by atoms with Gasteiger partial charge in [0.15, 0.2) is 11.5 Å². The van der Waals surface area contributed by atoms with E-state index in [9.17, 15) is 14.7 Å². The Balaban J connectivity index is 1.72. The number of amides is 2. The smallest absolute Gasteiger partial charge is 0.240 e. The number of nitrogens with zero attached hydrogens (tertiary/aromatic N) is 1. The Labute approximate surface area is 151 Å². The molecule has 2 amide bonds. The quantitative estimate of drug-likeness (QED) is 0.498. The highest BCUT2D eigenvalue weighted by Crippen LogP contribution is 2.27. The molecule has 0 spiro atoms. The first kappa shape index (κ1) is 19.0. The van der Waals surface area contributed by atoms with Gasteiger partial charge in [0.1, 0.15) is 0 Å². The number of methoxy groups -OCH3 is 1. The van der Waals surface area contributed by atoms with E-state index in [4.69, 9.17) is 4.74 Å². The summed E-state index contributed by atoms with van der Waals surface area (Å²) in [6.07, 6.45) is 1.39. The Morgan fingerprint density at radius 1 is 1.08 bits per heavy atom. The Morgan fingerprint density at radius 2 is 1.81 bits per heavy atom. The van der Waals surface area contributed by atoms with Gasteiger partial charge in [0, 0.05) is 24.9 Å². The summed E-state index contributed by atoms with van der Waals surface area (Å²) >= 11 is 0. The molecule has 0 saturated carbocycles. The summed E-state index contributed by atoms with van der Waals surface area (Å²) in [6, 6.07) is 14.5. The highest BCUT2D eigenvalue weighted by molar-refractivity contribution is 5.87. The minimum absolute atomic E-state index is 0.0159. The Morgan fingerprint density at radius 3 is 2.54 bits per heavy atom. The monoisotopic (exact) mass is 355 g/mol. The lowest BCUT2D eigenvalue weighted by Crippen LogP contribution is -2.25. The summed E-state index contributed by atoms with van der Waals surface area (Å²) < 4.78 is 4.99. The molecule has 0 fully saturated rings. The first-order valence-electron chi connectivity index (χ1n) is 8.08. The zero-order valence-electron chi connectivity index (χ0n) is 14.4. The maximum atomic E-state index is 11.8. The fourth-order valence-corrected chi connectivity index (χ4v) is 2.15. The Bertz CT molecular complexity index is 776. The summed E-state index contributed by atoms with van der Waals surface area (Å²) in [5, 5.41) is 16.4. The van der Waals surface area contributed by atoms with Crippen LogP contribution in [0.1, 0.15) is 24.0 Å². The lowest BCUT2D eigenvalue weighted by molar-refractivity contribution is -0.126. The van der Waals surface area contributed by atoms with Crippen molar-refractivity contribution in [2.75, 3.05) is 7.11 Å². The average Bonchev–Trinajstić information content (AvgIpc) is 2.67. The van der Waals surface area contributed by atoms with Crippen molar-refractivity contribution >= 4 is 18.0 Å². The number of rotatable bonds is 8. The standard InChI is InChI=1S/C19H21N3O4/c1-26-16-9-5-8-15(19(16)25)13-21-22-18(24)11-10-17(23)20-12-14-6-3-2-4-7-14/h2-9,13,25H,10-12H2,1H3,(H,20,23)(H,22,24). The Kier molecular flexibility index (Phi) is 7.17. The van der Waals surface area contributed by atoms with Crippen molar-refractivity contribution in [1.82, 2.24) is 10.7 Å². The largest absolute Gasteiger partial charge is 0.504 e. The number of para-hydroxylation sites is 1. The number of nitrogens with one attached hydrogen (secondary N) is 2. The van der Waals surface area contributed by atoms with Crippen LogP contribution in [0.5, 0.6) is 11.5 Å². The molecule has 2 rings (SSSR count). The molecule has 0 radical (unpaired) electrons. The van der Waals surface area contributed by atoms with Crippen LogP contribution in [0.4, 0.5) is 0 Å². The Hall–Kier alpha value is -3.35. The second-order valence-electron chi connectivity index (χ2n) is 5.45. The van der Waals surface area contributed by atoms with Gasteiger partial charge in [-0.2, -0.15) is 5.10 Å². The molecule has 3 N–H and O–H groups in total. The van der Waals surface area contributed by atoms with Crippen molar-refractivity contribution in [2.24, 2.45) is 5.10 Å². The fraction of sp³-hybridized carbons (Fsp3) is 0.211. The van der Waals surface area contributed by atoms with Crippen LogP contribution in [0.3, 0.4) is 0 Å². The number of phenols is 1. The summed E-state index contributed by atoms with van der Waals surface area (Å²) in [4.78, 5) is 23.5. The van der Waals surface area contributed by atoms with Crippen molar-refractivity contribution in [3.63, 3.8) is 0 Å². The SMILES string of the molecule is COc1cccc(C=NNC(=O)CCC(=O)NCc2ccccc2)c1O. The van der Waals surface area contributed by atoms with E-state index in [1.807, 2.05) is 30.3 Å². The van der Waals surface area contributed by atoms with Gasteiger partial charge in [-0.05, 0) is 17.7 Å². The predicted molar refractivity (Wildman–Crippen MR) is 97.9 cm³/mol. The molecule has 0 atom stereocenters. The maximum Gasteiger partial charge on any atom is 0.240 e. The molecule has 136 valence electrons. The number of benzene rings is 2. The lowest BCUT2D eigenvalue weighted by Gasteiger charge is -2.05. The summed E-state index contributed by atoms with van der Waals surface area (Å²) in [5.41, 5.74) is 3.72. The van der Waals surface area contributed by atoms with Crippen LogP contribution in [0, 0.1) is 0 Å². The van der Waals surface area contributed by atoms with Crippen LogP contribution in [0.25, 0.3) is 0 Å². The van der Waals surface area contributed by atoms with E-state index in [2.05, 4.69) is 15.8 Å². The molecule has 0 heterocycles. The third-order valence-corrected chi connectivity index (χ3v) is 3.55. The van der Waals surface area contributed by atoms with E-state index >= 15 is 0 Å². The number of hydrogen-bond donors (Lipinski definition) is 3. The number of phenolic OH excluding ortho intramolecular Hbond substituents is 1. The second-order valence-corrected chi connectivity index (χ2v) is 5.45. The third kappa shape index (κ3) is 5.94. The summed E-state index contributed by atoms with van der Waals surface area (Å²) in [7, 11) is 1.45.